The van der Waals surface area contributed by atoms with E-state index >= 15 is 0 Å². The van der Waals surface area contributed by atoms with Crippen LogP contribution in [0.1, 0.15) is 25.1 Å². The van der Waals surface area contributed by atoms with Gasteiger partial charge in [-0.05, 0) is 22.0 Å². The number of hydrogen-bond donors (Lipinski definition) is 1. The summed E-state index contributed by atoms with van der Waals surface area (Å²) < 4.78 is 0.0196. The van der Waals surface area contributed by atoms with Gasteiger partial charge in [-0.3, -0.25) is 9.59 Å². The van der Waals surface area contributed by atoms with Crippen molar-refractivity contribution in [3.8, 4) is 0 Å². The fourth-order valence-corrected chi connectivity index (χ4v) is 3.71. The molecule has 1 N–H and O–H groups in total. The first kappa shape index (κ1) is 18.2. The number of hydrogen-bond acceptors (Lipinski definition) is 2. The van der Waals surface area contributed by atoms with E-state index in [0.717, 1.165) is 16.6 Å². The number of nitrogens with one attached hydrogen (secondary N) is 1. The molecule has 1 aromatic carbocycles. The van der Waals surface area contributed by atoms with Crippen LogP contribution in [0, 0.1) is 0 Å². The molecule has 0 saturated carbocycles. The summed E-state index contributed by atoms with van der Waals surface area (Å²) in [6.07, 6.45) is 1.78. The highest BCUT2D eigenvalue weighted by atomic mass is 79.9. The molecule has 0 unspecified atom stereocenters. The summed E-state index contributed by atoms with van der Waals surface area (Å²) in [4.78, 5) is 28.6. The summed E-state index contributed by atoms with van der Waals surface area (Å²) in [6.45, 7) is 7.82. The molecule has 0 aliphatic heterocycles. The zero-order chi connectivity index (χ0) is 18.5. The fourth-order valence-electron chi connectivity index (χ4n) is 2.83. The Bertz CT molecular complexity index is 1010. The molecule has 0 saturated heterocycles. The Morgan fingerprint density at radius 3 is 2.40 bits per heavy atom. The van der Waals surface area contributed by atoms with Gasteiger partial charge in [0, 0.05) is 27.6 Å². The molecule has 3 nitrogen and oxygen atoms in total. The maximum atomic E-state index is 12.9. The van der Waals surface area contributed by atoms with E-state index in [-0.39, 0.29) is 20.1 Å². The molecule has 1 aliphatic rings. The summed E-state index contributed by atoms with van der Waals surface area (Å²) in [6, 6.07) is 7.55. The predicted octanol–water partition coefficient (Wildman–Crippen LogP) is 5.58. The average Bonchev–Trinajstić information content (AvgIpc) is 2.99. The van der Waals surface area contributed by atoms with Gasteiger partial charge in [0.15, 0.2) is 0 Å². The summed E-state index contributed by atoms with van der Waals surface area (Å²) in [5.74, 6) is -0.988. The number of allylic oxidation sites excluding steroid dienone is 5. The SMILES string of the molecule is C=CC(C)(C)c1[nH]c2ccccc2c1C1=C(Cl)C(=O)C(Cl)=C(Br)C1=O. The number of carbonyl (C=O) groups excluding carboxylic acids is 2. The third kappa shape index (κ3) is 2.73. The fraction of sp³-hybridized carbons (Fsp3) is 0.158. The van der Waals surface area contributed by atoms with Gasteiger partial charge < -0.3 is 4.98 Å². The Morgan fingerprint density at radius 1 is 1.12 bits per heavy atom. The molecular weight excluding hydrogens is 425 g/mol. The quantitative estimate of drug-likeness (QED) is 0.502. The minimum atomic E-state index is -0.572. The van der Waals surface area contributed by atoms with E-state index in [4.69, 9.17) is 23.2 Å². The van der Waals surface area contributed by atoms with E-state index in [2.05, 4.69) is 27.5 Å². The van der Waals surface area contributed by atoms with Crippen LogP contribution in [0.25, 0.3) is 16.5 Å². The van der Waals surface area contributed by atoms with Gasteiger partial charge in [-0.2, -0.15) is 0 Å². The van der Waals surface area contributed by atoms with E-state index in [1.165, 1.54) is 0 Å². The second-order valence-corrected chi connectivity index (χ2v) is 7.87. The van der Waals surface area contributed by atoms with Crippen molar-refractivity contribution < 1.29 is 9.59 Å². The minimum absolute atomic E-state index is 0.0196. The molecule has 128 valence electrons. The van der Waals surface area contributed by atoms with Gasteiger partial charge in [0.25, 0.3) is 0 Å². The Labute approximate surface area is 163 Å². The summed E-state index contributed by atoms with van der Waals surface area (Å²) in [7, 11) is 0. The van der Waals surface area contributed by atoms with Crippen molar-refractivity contribution >= 4 is 67.2 Å². The Morgan fingerprint density at radius 2 is 1.76 bits per heavy atom. The monoisotopic (exact) mass is 437 g/mol. The van der Waals surface area contributed by atoms with Crippen molar-refractivity contribution in [2.45, 2.75) is 19.3 Å². The van der Waals surface area contributed by atoms with Gasteiger partial charge in [-0.1, -0.05) is 61.3 Å². The lowest BCUT2D eigenvalue weighted by Crippen LogP contribution is -2.21. The molecule has 0 radical (unpaired) electrons. The maximum Gasteiger partial charge on any atom is 0.217 e. The van der Waals surface area contributed by atoms with Crippen molar-refractivity contribution in [3.63, 3.8) is 0 Å². The van der Waals surface area contributed by atoms with Crippen LogP contribution in [-0.2, 0) is 15.0 Å². The number of rotatable bonds is 3. The predicted molar refractivity (Wildman–Crippen MR) is 106 cm³/mol. The first-order valence-electron chi connectivity index (χ1n) is 7.50. The van der Waals surface area contributed by atoms with Crippen molar-refractivity contribution in [3.05, 3.63) is 62.7 Å². The molecule has 0 bridgehead atoms. The van der Waals surface area contributed by atoms with Crippen LogP contribution in [0.3, 0.4) is 0 Å². The Kier molecular flexibility index (Phi) is 4.56. The Hall–Kier alpha value is -1.62. The number of Topliss-reactive ketones (excluding diaryl/α,β-unsaturated/α-hetero) is 2. The molecule has 0 amide bonds. The first-order valence-corrected chi connectivity index (χ1v) is 9.05. The standard InChI is InChI=1S/C19H14BrCl2NO2/c1-4-19(2,3)18-11(9-7-5-6-8-10(9)23-18)12-14(21)17(25)15(22)13(20)16(12)24/h4-8,23H,1H2,2-3H3. The van der Waals surface area contributed by atoms with Gasteiger partial charge in [-0.25, -0.2) is 0 Å². The number of fused-ring (bicyclic) bond motifs is 1. The lowest BCUT2D eigenvalue weighted by Gasteiger charge is -2.23. The number of benzene rings is 1. The van der Waals surface area contributed by atoms with Crippen molar-refractivity contribution in [1.82, 2.24) is 4.98 Å². The highest BCUT2D eigenvalue weighted by Crippen LogP contribution is 2.43. The van der Waals surface area contributed by atoms with E-state index < -0.39 is 17.0 Å². The number of aromatic amines is 1. The highest BCUT2D eigenvalue weighted by Gasteiger charge is 2.37. The van der Waals surface area contributed by atoms with E-state index in [1.54, 1.807) is 6.08 Å². The molecule has 2 aromatic rings. The zero-order valence-electron chi connectivity index (χ0n) is 13.5. The molecule has 0 spiro atoms. The smallest absolute Gasteiger partial charge is 0.217 e. The van der Waals surface area contributed by atoms with Gasteiger partial charge in [0.1, 0.15) is 10.1 Å². The van der Waals surface area contributed by atoms with Gasteiger partial charge in [-0.15, -0.1) is 6.58 Å². The number of ketones is 2. The number of halogens is 3. The summed E-state index contributed by atoms with van der Waals surface area (Å²) in [5, 5.41) is 0.423. The number of aromatic nitrogens is 1. The highest BCUT2D eigenvalue weighted by molar-refractivity contribution is 9.12. The van der Waals surface area contributed by atoms with Crippen LogP contribution >= 0.6 is 39.1 Å². The first-order chi connectivity index (χ1) is 11.7. The average molecular weight is 439 g/mol. The third-order valence-electron chi connectivity index (χ3n) is 4.35. The van der Waals surface area contributed by atoms with Crippen molar-refractivity contribution in [2.24, 2.45) is 0 Å². The van der Waals surface area contributed by atoms with Crippen LogP contribution < -0.4 is 0 Å². The second-order valence-electron chi connectivity index (χ2n) is 6.32. The van der Waals surface area contributed by atoms with Crippen LogP contribution in [0.15, 0.2) is 51.5 Å². The number of para-hydroxylation sites is 1. The van der Waals surface area contributed by atoms with Gasteiger partial charge in [0.2, 0.25) is 11.6 Å². The van der Waals surface area contributed by atoms with Crippen molar-refractivity contribution in [2.75, 3.05) is 0 Å². The second kappa shape index (κ2) is 6.27. The number of carbonyl (C=O) groups is 2. The zero-order valence-corrected chi connectivity index (χ0v) is 16.6. The third-order valence-corrected chi connectivity index (χ3v) is 6.05. The molecule has 1 heterocycles. The maximum absolute atomic E-state index is 12.9. The molecule has 3 rings (SSSR count). The Balaban J connectivity index is 2.43. The molecule has 0 atom stereocenters. The lowest BCUT2D eigenvalue weighted by atomic mass is 9.82. The van der Waals surface area contributed by atoms with Crippen LogP contribution in [0.2, 0.25) is 0 Å². The number of H-pyrrole nitrogens is 1. The van der Waals surface area contributed by atoms with E-state index in [9.17, 15) is 9.59 Å². The van der Waals surface area contributed by atoms with Gasteiger partial charge >= 0.3 is 0 Å². The summed E-state index contributed by atoms with van der Waals surface area (Å²) in [5.41, 5.74) is 1.88. The van der Waals surface area contributed by atoms with Crippen LogP contribution in [0.4, 0.5) is 0 Å². The van der Waals surface area contributed by atoms with Gasteiger partial charge in [0.05, 0.1) is 10.1 Å². The molecular formula is C19H14BrCl2NO2. The van der Waals surface area contributed by atoms with Crippen LogP contribution in [-0.4, -0.2) is 16.6 Å². The topological polar surface area (TPSA) is 49.9 Å². The molecule has 1 aliphatic carbocycles. The normalized spacial score (nSPS) is 16.2. The minimum Gasteiger partial charge on any atom is -0.357 e. The molecule has 25 heavy (non-hydrogen) atoms. The molecule has 6 heteroatoms. The molecule has 0 fully saturated rings. The molecule has 1 aromatic heterocycles. The van der Waals surface area contributed by atoms with E-state index in [0.29, 0.717) is 5.56 Å². The lowest BCUT2D eigenvalue weighted by molar-refractivity contribution is -0.114. The summed E-state index contributed by atoms with van der Waals surface area (Å²) >= 11 is 15.3. The van der Waals surface area contributed by atoms with Crippen molar-refractivity contribution in [1.29, 1.82) is 0 Å². The van der Waals surface area contributed by atoms with Crippen LogP contribution in [0.5, 0.6) is 0 Å². The van der Waals surface area contributed by atoms with E-state index in [1.807, 2.05) is 38.1 Å². The largest absolute Gasteiger partial charge is 0.357 e.